The molecule has 0 aliphatic heterocycles. The fourth-order valence-electron chi connectivity index (χ4n) is 2.73. The summed E-state index contributed by atoms with van der Waals surface area (Å²) in [6.45, 7) is 1.29. The first kappa shape index (κ1) is 20.6. The molecule has 7 nitrogen and oxygen atoms in total. The van der Waals surface area contributed by atoms with Crippen LogP contribution in [-0.4, -0.2) is 47.2 Å². The Labute approximate surface area is 175 Å². The van der Waals surface area contributed by atoms with Gasteiger partial charge in [0, 0.05) is 43.3 Å². The van der Waals surface area contributed by atoms with Crippen LogP contribution in [0.3, 0.4) is 0 Å². The molecule has 0 fully saturated rings. The number of hydrogen-bond acceptors (Lipinski definition) is 4. The summed E-state index contributed by atoms with van der Waals surface area (Å²) in [6, 6.07) is 14.2. The van der Waals surface area contributed by atoms with E-state index in [9.17, 15) is 4.79 Å². The lowest BCUT2D eigenvalue weighted by Crippen LogP contribution is -2.42. The largest absolute Gasteiger partial charge is 0.351 e. The van der Waals surface area contributed by atoms with Crippen LogP contribution in [0, 0.1) is 0 Å². The number of hydrogen-bond donors (Lipinski definition) is 2. The Hall–Kier alpha value is -3.13. The maximum atomic E-state index is 12.0. The Morgan fingerprint density at radius 1 is 1.17 bits per heavy atom. The molecule has 0 unspecified atom stereocenters. The van der Waals surface area contributed by atoms with E-state index in [2.05, 4.69) is 21.8 Å². The van der Waals surface area contributed by atoms with Gasteiger partial charge in [-0.3, -0.25) is 9.48 Å². The molecule has 3 aromatic rings. The van der Waals surface area contributed by atoms with Crippen molar-refractivity contribution in [2.45, 2.75) is 13.1 Å². The zero-order valence-electron chi connectivity index (χ0n) is 16.9. The number of thiophene rings is 1. The van der Waals surface area contributed by atoms with Crippen LogP contribution < -0.4 is 10.6 Å². The maximum Gasteiger partial charge on any atom is 0.241 e. The molecule has 0 spiro atoms. The highest BCUT2D eigenvalue weighted by Crippen LogP contribution is 2.22. The summed E-state index contributed by atoms with van der Waals surface area (Å²) in [5.41, 5.74) is 3.00. The van der Waals surface area contributed by atoms with Gasteiger partial charge in [-0.2, -0.15) is 5.10 Å². The van der Waals surface area contributed by atoms with Crippen molar-refractivity contribution in [3.63, 3.8) is 0 Å². The first-order chi connectivity index (χ1) is 14.0. The van der Waals surface area contributed by atoms with E-state index >= 15 is 0 Å². The third-order valence-electron chi connectivity index (χ3n) is 4.28. The molecule has 2 aromatic heterocycles. The van der Waals surface area contributed by atoms with Crippen molar-refractivity contribution in [3.8, 4) is 11.3 Å². The Bertz CT molecular complexity index is 947. The van der Waals surface area contributed by atoms with Gasteiger partial charge in [-0.15, -0.1) is 11.3 Å². The second-order valence-corrected chi connectivity index (χ2v) is 7.81. The van der Waals surface area contributed by atoms with Gasteiger partial charge in [0.25, 0.3) is 0 Å². The highest BCUT2D eigenvalue weighted by Gasteiger charge is 2.11. The summed E-state index contributed by atoms with van der Waals surface area (Å²) in [7, 11) is 5.38. The Morgan fingerprint density at radius 2 is 1.97 bits per heavy atom. The van der Waals surface area contributed by atoms with E-state index in [0.29, 0.717) is 19.0 Å². The van der Waals surface area contributed by atoms with Crippen molar-refractivity contribution in [1.82, 2.24) is 25.3 Å². The Morgan fingerprint density at radius 3 is 2.66 bits per heavy atom. The molecular formula is C21H26N6OS. The lowest BCUT2D eigenvalue weighted by Gasteiger charge is -2.14. The molecule has 29 heavy (non-hydrogen) atoms. The van der Waals surface area contributed by atoms with Crippen LogP contribution in [0.2, 0.25) is 0 Å². The molecular weight excluding hydrogens is 384 g/mol. The minimum absolute atomic E-state index is 0.0121. The number of benzene rings is 1. The number of aryl methyl sites for hydroxylation is 1. The van der Waals surface area contributed by atoms with Gasteiger partial charge in [-0.25, -0.2) is 4.99 Å². The number of carbonyl (C=O) groups excluding carboxylic acids is 1. The molecule has 0 aliphatic rings. The van der Waals surface area contributed by atoms with Crippen molar-refractivity contribution < 1.29 is 4.79 Å². The normalized spacial score (nSPS) is 11.3. The number of carbonyl (C=O) groups is 1. The number of aliphatic imine (C=N–C) groups is 1. The van der Waals surface area contributed by atoms with Crippen LogP contribution in [0.1, 0.15) is 10.4 Å². The minimum atomic E-state index is -0.0121. The van der Waals surface area contributed by atoms with Gasteiger partial charge in [0.2, 0.25) is 5.91 Å². The molecule has 1 amide bonds. The summed E-state index contributed by atoms with van der Waals surface area (Å²) >= 11 is 1.68. The van der Waals surface area contributed by atoms with Crippen LogP contribution >= 0.6 is 11.3 Å². The fourth-order valence-corrected chi connectivity index (χ4v) is 3.38. The first-order valence-corrected chi connectivity index (χ1v) is 10.2. The number of nitrogens with zero attached hydrogens (tertiary/aromatic N) is 4. The van der Waals surface area contributed by atoms with Crippen molar-refractivity contribution in [3.05, 3.63) is 64.5 Å². The van der Waals surface area contributed by atoms with Gasteiger partial charge in [0.1, 0.15) is 0 Å². The minimum Gasteiger partial charge on any atom is -0.351 e. The van der Waals surface area contributed by atoms with Crippen LogP contribution in [0.4, 0.5) is 0 Å². The molecule has 2 heterocycles. The molecule has 8 heteroatoms. The van der Waals surface area contributed by atoms with Crippen molar-refractivity contribution in [1.29, 1.82) is 0 Å². The average molecular weight is 411 g/mol. The second-order valence-electron chi connectivity index (χ2n) is 6.78. The predicted octanol–water partition coefficient (Wildman–Crippen LogP) is 2.47. The summed E-state index contributed by atoms with van der Waals surface area (Å²) in [4.78, 5) is 19.4. The molecule has 0 saturated heterocycles. The van der Waals surface area contributed by atoms with Crippen LogP contribution in [0.15, 0.2) is 59.0 Å². The lowest BCUT2D eigenvalue weighted by atomic mass is 10.1. The Balaban J connectivity index is 1.75. The molecule has 1 aromatic carbocycles. The number of rotatable bonds is 7. The van der Waals surface area contributed by atoms with E-state index < -0.39 is 0 Å². The zero-order valence-corrected chi connectivity index (χ0v) is 17.7. The summed E-state index contributed by atoms with van der Waals surface area (Å²) in [5, 5.41) is 13.1. The van der Waals surface area contributed by atoms with Gasteiger partial charge in [0.15, 0.2) is 5.96 Å². The quantitative estimate of drug-likeness (QED) is 0.464. The van der Waals surface area contributed by atoms with E-state index in [1.165, 1.54) is 4.88 Å². The van der Waals surface area contributed by atoms with Gasteiger partial charge in [-0.05, 0) is 11.4 Å². The number of guanidine groups is 1. The lowest BCUT2D eigenvalue weighted by molar-refractivity contribution is -0.127. The number of amides is 1. The summed E-state index contributed by atoms with van der Waals surface area (Å²) in [5.74, 6) is 0.582. The van der Waals surface area contributed by atoms with Crippen LogP contribution in [0.5, 0.6) is 0 Å². The number of nitrogens with one attached hydrogen (secondary N) is 2. The number of aromatic nitrogens is 2. The van der Waals surface area contributed by atoms with Crippen molar-refractivity contribution in [2.75, 3.05) is 20.6 Å². The average Bonchev–Trinajstić information content (AvgIpc) is 3.37. The highest BCUT2D eigenvalue weighted by molar-refractivity contribution is 7.09. The third-order valence-corrected chi connectivity index (χ3v) is 5.15. The van der Waals surface area contributed by atoms with E-state index in [4.69, 9.17) is 4.99 Å². The molecule has 0 bridgehead atoms. The maximum absolute atomic E-state index is 12.0. The molecule has 2 N–H and O–H groups in total. The van der Waals surface area contributed by atoms with Gasteiger partial charge in [-0.1, -0.05) is 36.4 Å². The van der Waals surface area contributed by atoms with Gasteiger partial charge >= 0.3 is 0 Å². The smallest absolute Gasteiger partial charge is 0.241 e. The van der Waals surface area contributed by atoms with Crippen LogP contribution in [0.25, 0.3) is 11.3 Å². The fraction of sp³-hybridized carbons (Fsp3) is 0.286. The van der Waals surface area contributed by atoms with E-state index in [0.717, 1.165) is 16.8 Å². The van der Waals surface area contributed by atoms with Crippen LogP contribution in [-0.2, 0) is 24.9 Å². The zero-order chi connectivity index (χ0) is 20.6. The SMILES string of the molecule is CN(C)C(=O)CNC(=NCc1cn(C)nc1-c1ccccc1)NCc1cccs1. The highest BCUT2D eigenvalue weighted by atomic mass is 32.1. The van der Waals surface area contributed by atoms with Gasteiger partial charge < -0.3 is 15.5 Å². The summed E-state index contributed by atoms with van der Waals surface area (Å²) in [6.07, 6.45) is 1.98. The predicted molar refractivity (Wildman–Crippen MR) is 118 cm³/mol. The third kappa shape index (κ3) is 5.92. The number of likely N-dealkylation sites (N-methyl/N-ethyl adjacent to an activating group) is 1. The molecule has 3 rings (SSSR count). The van der Waals surface area contributed by atoms with E-state index in [-0.39, 0.29) is 12.5 Å². The van der Waals surface area contributed by atoms with Gasteiger partial charge in [0.05, 0.1) is 25.3 Å². The summed E-state index contributed by atoms with van der Waals surface area (Å²) < 4.78 is 1.80. The molecule has 152 valence electrons. The topological polar surface area (TPSA) is 74.5 Å². The molecule has 0 saturated carbocycles. The molecule has 0 aliphatic carbocycles. The standard InChI is InChI=1S/C21H26N6OS/c1-26(2)19(28)14-24-21(23-13-18-10-7-11-29-18)22-12-17-15-27(3)25-20(17)16-8-5-4-6-9-16/h4-11,15H,12-14H2,1-3H3,(H2,22,23,24). The van der Waals surface area contributed by atoms with Crippen molar-refractivity contribution in [2.24, 2.45) is 12.0 Å². The second kappa shape index (κ2) is 9.88. The van der Waals surface area contributed by atoms with E-state index in [1.807, 2.05) is 55.0 Å². The first-order valence-electron chi connectivity index (χ1n) is 9.35. The Kier molecular flexibility index (Phi) is 7.02. The molecule has 0 radical (unpaired) electrons. The molecule has 0 atom stereocenters. The van der Waals surface area contributed by atoms with E-state index in [1.54, 1.807) is 35.0 Å². The monoisotopic (exact) mass is 410 g/mol. The van der Waals surface area contributed by atoms with Crippen molar-refractivity contribution >= 4 is 23.2 Å².